The second-order valence-electron chi connectivity index (χ2n) is 0.610. The van der Waals surface area contributed by atoms with E-state index in [1.807, 2.05) is 0 Å². The van der Waals surface area contributed by atoms with Crippen molar-refractivity contribution in [1.29, 1.82) is 0 Å². The average Bonchev–Trinajstić information content (AvgIpc) is 1.36. The van der Waals surface area contributed by atoms with Crippen LogP contribution in [0.2, 0.25) is 0 Å². The molecule has 0 aliphatic carbocycles. The number of hydrogen-bond donors (Lipinski definition) is 2. The van der Waals surface area contributed by atoms with Gasteiger partial charge in [-0.25, -0.2) is 9.59 Å². The van der Waals surface area contributed by atoms with Crippen LogP contribution < -0.4 is 0 Å². The number of rotatable bonds is 0. The van der Waals surface area contributed by atoms with Gasteiger partial charge < -0.3 is 15.7 Å². The van der Waals surface area contributed by atoms with Gasteiger partial charge in [0.1, 0.15) is 0 Å². The van der Waals surface area contributed by atoms with Gasteiger partial charge in [-0.3, -0.25) is 0 Å². The molecule has 0 spiro atoms. The van der Waals surface area contributed by atoms with Crippen molar-refractivity contribution in [2.24, 2.45) is 0 Å². The minimum absolute atomic E-state index is 0. The largest absolute Gasteiger partial charge is 0.473 e. The van der Waals surface area contributed by atoms with Gasteiger partial charge in [-0.15, -0.1) is 0 Å². The Morgan fingerprint density at radius 1 is 1.00 bits per heavy atom. The maximum atomic E-state index is 9.10. The minimum atomic E-state index is -1.82. The first-order chi connectivity index (χ1) is 2.64. The molecule has 6 heteroatoms. The van der Waals surface area contributed by atoms with Crippen LogP contribution in [-0.4, -0.2) is 27.6 Å². The Bertz CT molecular complexity index is 76.4. The summed E-state index contributed by atoms with van der Waals surface area (Å²) < 4.78 is 0. The summed E-state index contributed by atoms with van der Waals surface area (Å²) in [6, 6.07) is 0. The summed E-state index contributed by atoms with van der Waals surface area (Å²) in [6.07, 6.45) is 0. The molecule has 0 bridgehead atoms. The minimum Gasteiger partial charge on any atom is -0.473 e. The second-order valence-corrected chi connectivity index (χ2v) is 0.610. The summed E-state index contributed by atoms with van der Waals surface area (Å²) in [5, 5.41) is 14.8. The molecule has 0 aromatic heterocycles. The van der Waals surface area contributed by atoms with E-state index < -0.39 is 11.9 Å². The Balaban J connectivity index is -0.000000125. The molecule has 0 aromatic carbocycles. The molecule has 0 fully saturated rings. The Morgan fingerprint density at radius 3 is 1.12 bits per heavy atom. The smallest absolute Gasteiger partial charge is 0.414 e. The molecule has 45 valence electrons. The van der Waals surface area contributed by atoms with Crippen LogP contribution in [0.1, 0.15) is 0 Å². The van der Waals surface area contributed by atoms with Gasteiger partial charge in [-0.1, -0.05) is 0 Å². The van der Waals surface area contributed by atoms with E-state index in [0.717, 1.165) is 0 Å². The van der Waals surface area contributed by atoms with E-state index in [2.05, 4.69) is 0 Å². The topological polar surface area (TPSA) is 106 Å². The van der Waals surface area contributed by atoms with Crippen molar-refractivity contribution >= 4 is 11.9 Å². The van der Waals surface area contributed by atoms with E-state index >= 15 is 0 Å². The van der Waals surface area contributed by atoms with E-state index in [0.29, 0.717) is 0 Å². The first-order valence-electron chi connectivity index (χ1n) is 1.11. The summed E-state index contributed by atoms with van der Waals surface area (Å²) in [7, 11) is 0. The number of aliphatic carboxylic acids is 2. The fourth-order valence-electron chi connectivity index (χ4n) is 0. The monoisotopic (exact) mass is 197 g/mol. The first-order valence-corrected chi connectivity index (χ1v) is 1.11. The molecule has 5 nitrogen and oxygen atoms in total. The number of carboxylic acid groups (broad SMARTS) is 2. The predicted octanol–water partition coefficient (Wildman–Crippen LogP) is -1.67. The summed E-state index contributed by atoms with van der Waals surface area (Å²) in [4.78, 5) is 18.2. The fourth-order valence-corrected chi connectivity index (χ4v) is 0. The van der Waals surface area contributed by atoms with Crippen LogP contribution in [0.5, 0.6) is 0 Å². The van der Waals surface area contributed by atoms with Crippen molar-refractivity contribution in [3.8, 4) is 0 Å². The van der Waals surface area contributed by atoms with Crippen LogP contribution >= 0.6 is 0 Å². The van der Waals surface area contributed by atoms with Crippen LogP contribution in [0.25, 0.3) is 0 Å². The Labute approximate surface area is 69.9 Å². The van der Waals surface area contributed by atoms with Crippen LogP contribution in [0.4, 0.5) is 0 Å². The maximum absolute atomic E-state index is 9.10. The standard InChI is InChI=1S/C2H2O4.H2O.Y/c3-1(4)2(5)6;;/h(H,3,4)(H,5,6);1H2;. The van der Waals surface area contributed by atoms with Crippen LogP contribution in [0.15, 0.2) is 0 Å². The maximum Gasteiger partial charge on any atom is 0.414 e. The number of hydrogen-bond acceptors (Lipinski definition) is 2. The van der Waals surface area contributed by atoms with Gasteiger partial charge in [0.2, 0.25) is 0 Å². The van der Waals surface area contributed by atoms with Crippen LogP contribution in [0, 0.1) is 0 Å². The van der Waals surface area contributed by atoms with Gasteiger partial charge in [0.15, 0.2) is 0 Å². The molecule has 0 heterocycles. The van der Waals surface area contributed by atoms with Crippen molar-refractivity contribution in [2.45, 2.75) is 0 Å². The zero-order valence-electron chi connectivity index (χ0n) is 3.79. The molecule has 4 N–H and O–H groups in total. The van der Waals surface area contributed by atoms with Gasteiger partial charge in [0.25, 0.3) is 0 Å². The van der Waals surface area contributed by atoms with Gasteiger partial charge in [0.05, 0.1) is 0 Å². The van der Waals surface area contributed by atoms with E-state index in [1.165, 1.54) is 0 Å². The first kappa shape index (κ1) is 15.7. The summed E-state index contributed by atoms with van der Waals surface area (Å²) >= 11 is 0. The van der Waals surface area contributed by atoms with Gasteiger partial charge in [0, 0.05) is 32.7 Å². The van der Waals surface area contributed by atoms with Crippen LogP contribution in [-0.2, 0) is 42.3 Å². The SMILES string of the molecule is O.O=C(O)C(=O)O.[Y]. The van der Waals surface area contributed by atoms with Gasteiger partial charge in [-0.05, 0) is 0 Å². The molecule has 0 amide bonds. The van der Waals surface area contributed by atoms with Crippen molar-refractivity contribution in [3.05, 3.63) is 0 Å². The summed E-state index contributed by atoms with van der Waals surface area (Å²) in [5.74, 6) is -3.65. The molecule has 0 saturated carbocycles. The van der Waals surface area contributed by atoms with Crippen molar-refractivity contribution in [1.82, 2.24) is 0 Å². The van der Waals surface area contributed by atoms with E-state index in [-0.39, 0.29) is 38.2 Å². The molecule has 0 rings (SSSR count). The molecule has 0 aliphatic heterocycles. The van der Waals surface area contributed by atoms with Crippen molar-refractivity contribution < 1.29 is 58.0 Å². The zero-order chi connectivity index (χ0) is 5.15. The zero-order valence-corrected chi connectivity index (χ0v) is 6.63. The van der Waals surface area contributed by atoms with Gasteiger partial charge in [-0.2, -0.15) is 0 Å². The Kier molecular flexibility index (Phi) is 13.7. The third kappa shape index (κ3) is 9.38. The molecule has 8 heavy (non-hydrogen) atoms. The van der Waals surface area contributed by atoms with Gasteiger partial charge >= 0.3 is 11.9 Å². The summed E-state index contributed by atoms with van der Waals surface area (Å²) in [6.45, 7) is 0. The van der Waals surface area contributed by atoms with E-state index in [9.17, 15) is 0 Å². The number of carbonyl (C=O) groups is 2. The van der Waals surface area contributed by atoms with E-state index in [4.69, 9.17) is 19.8 Å². The molecule has 0 saturated heterocycles. The van der Waals surface area contributed by atoms with Crippen molar-refractivity contribution in [3.63, 3.8) is 0 Å². The Hall–Kier alpha value is 0.00390. The molecule has 0 atom stereocenters. The molecule has 0 aromatic rings. The third-order valence-corrected chi connectivity index (χ3v) is 0.183. The fraction of sp³-hybridized carbons (Fsp3) is 0. The molecule has 0 aliphatic rings. The normalized spacial score (nSPS) is 5.50. The average molecular weight is 197 g/mol. The Morgan fingerprint density at radius 2 is 1.12 bits per heavy atom. The summed E-state index contributed by atoms with van der Waals surface area (Å²) in [5.41, 5.74) is 0. The van der Waals surface area contributed by atoms with Crippen molar-refractivity contribution in [2.75, 3.05) is 0 Å². The van der Waals surface area contributed by atoms with E-state index in [1.54, 1.807) is 0 Å². The van der Waals surface area contributed by atoms with Crippen LogP contribution in [0.3, 0.4) is 0 Å². The predicted molar refractivity (Wildman–Crippen MR) is 18.9 cm³/mol. The number of carboxylic acids is 2. The third-order valence-electron chi connectivity index (χ3n) is 0.183. The molecular formula is C2H4O5Y. The second kappa shape index (κ2) is 7.00. The molecular weight excluding hydrogens is 193 g/mol. The quantitative estimate of drug-likeness (QED) is 0.452. The molecule has 0 unspecified atom stereocenters. The molecule has 1 radical (unpaired) electrons.